The molecule has 1 aromatic heterocycles. The van der Waals surface area contributed by atoms with Gasteiger partial charge in [0.1, 0.15) is 11.5 Å². The molecule has 4 nitrogen and oxygen atoms in total. The molecule has 1 aliphatic heterocycles. The Morgan fingerprint density at radius 1 is 1.17 bits per heavy atom. The molecule has 4 rings (SSSR count). The Morgan fingerprint density at radius 3 is 2.78 bits per heavy atom. The zero-order chi connectivity index (χ0) is 16.0. The second kappa shape index (κ2) is 5.25. The number of aromatic amines is 1. The molecule has 0 spiro atoms. The first-order valence-electron chi connectivity index (χ1n) is 7.78. The van der Waals surface area contributed by atoms with Gasteiger partial charge in [0, 0.05) is 16.6 Å². The van der Waals surface area contributed by atoms with E-state index in [1.165, 1.54) is 10.9 Å². The number of hydrogen-bond acceptors (Lipinski definition) is 3. The number of fused-ring (bicyclic) bond motifs is 3. The van der Waals surface area contributed by atoms with Gasteiger partial charge in [-0.3, -0.25) is 10.1 Å². The summed E-state index contributed by atoms with van der Waals surface area (Å²) in [6.07, 6.45) is 0.685. The van der Waals surface area contributed by atoms with Crippen molar-refractivity contribution >= 4 is 16.7 Å². The van der Waals surface area contributed by atoms with Crippen LogP contribution < -0.4 is 5.32 Å². The summed E-state index contributed by atoms with van der Waals surface area (Å²) < 4.78 is 0. The van der Waals surface area contributed by atoms with Crippen molar-refractivity contribution in [1.82, 2.24) is 10.3 Å². The summed E-state index contributed by atoms with van der Waals surface area (Å²) in [7, 11) is 0. The number of carbonyl (C=O) groups is 1. The highest BCUT2D eigenvalue weighted by molar-refractivity contribution is 5.88. The van der Waals surface area contributed by atoms with Crippen molar-refractivity contribution in [3.63, 3.8) is 0 Å². The fraction of sp³-hybridized carbons (Fsp3) is 0.211. The standard InChI is InChI=1S/C19H18N2O2/c1-11(22)17-10-15-14-7-2-3-8-16(14)20-19(15)18(21-17)12-5-4-6-13(23)9-12/h2-9,17-18,20-21,23H,10H2,1H3. The largest absolute Gasteiger partial charge is 0.508 e. The Balaban J connectivity index is 1.91. The highest BCUT2D eigenvalue weighted by atomic mass is 16.3. The van der Waals surface area contributed by atoms with E-state index < -0.39 is 0 Å². The van der Waals surface area contributed by atoms with E-state index in [9.17, 15) is 9.90 Å². The van der Waals surface area contributed by atoms with Crippen LogP contribution in [0.1, 0.15) is 29.8 Å². The molecule has 0 saturated heterocycles. The van der Waals surface area contributed by atoms with Gasteiger partial charge in [-0.2, -0.15) is 0 Å². The number of para-hydroxylation sites is 1. The summed E-state index contributed by atoms with van der Waals surface area (Å²) in [6.45, 7) is 1.62. The van der Waals surface area contributed by atoms with Crippen LogP contribution in [-0.2, 0) is 11.2 Å². The van der Waals surface area contributed by atoms with Crippen LogP contribution in [-0.4, -0.2) is 21.9 Å². The molecule has 23 heavy (non-hydrogen) atoms. The van der Waals surface area contributed by atoms with E-state index in [0.29, 0.717) is 6.42 Å². The van der Waals surface area contributed by atoms with Crippen LogP contribution in [0.4, 0.5) is 0 Å². The van der Waals surface area contributed by atoms with Crippen molar-refractivity contribution in [3.05, 3.63) is 65.4 Å². The molecule has 0 aliphatic carbocycles. The number of H-pyrrole nitrogens is 1. The van der Waals surface area contributed by atoms with Gasteiger partial charge in [0.05, 0.1) is 12.1 Å². The number of ketones is 1. The van der Waals surface area contributed by atoms with Gasteiger partial charge in [-0.25, -0.2) is 0 Å². The number of aromatic nitrogens is 1. The van der Waals surface area contributed by atoms with Gasteiger partial charge in [0.2, 0.25) is 0 Å². The number of benzene rings is 2. The van der Waals surface area contributed by atoms with E-state index in [1.54, 1.807) is 19.1 Å². The van der Waals surface area contributed by atoms with Gasteiger partial charge in [-0.15, -0.1) is 0 Å². The first kappa shape index (κ1) is 14.0. The molecule has 0 radical (unpaired) electrons. The maximum absolute atomic E-state index is 12.0. The van der Waals surface area contributed by atoms with Crippen LogP contribution in [0, 0.1) is 0 Å². The van der Waals surface area contributed by atoms with E-state index in [4.69, 9.17) is 0 Å². The first-order chi connectivity index (χ1) is 11.1. The smallest absolute Gasteiger partial charge is 0.147 e. The molecular weight excluding hydrogens is 288 g/mol. The lowest BCUT2D eigenvalue weighted by atomic mass is 9.89. The minimum Gasteiger partial charge on any atom is -0.508 e. The third-order valence-corrected chi connectivity index (χ3v) is 4.61. The van der Waals surface area contributed by atoms with Crippen LogP contribution in [0.2, 0.25) is 0 Å². The lowest BCUT2D eigenvalue weighted by Crippen LogP contribution is -2.44. The van der Waals surface area contributed by atoms with E-state index in [1.807, 2.05) is 24.3 Å². The minimum absolute atomic E-state index is 0.131. The van der Waals surface area contributed by atoms with Crippen molar-refractivity contribution in [2.75, 3.05) is 0 Å². The van der Waals surface area contributed by atoms with Crippen molar-refractivity contribution in [2.45, 2.75) is 25.4 Å². The van der Waals surface area contributed by atoms with Gasteiger partial charge in [-0.05, 0) is 42.7 Å². The Bertz CT molecular complexity index is 897. The molecule has 2 unspecified atom stereocenters. The van der Waals surface area contributed by atoms with Crippen molar-refractivity contribution < 1.29 is 9.90 Å². The minimum atomic E-state index is -0.214. The molecule has 2 heterocycles. The summed E-state index contributed by atoms with van der Waals surface area (Å²) >= 11 is 0. The van der Waals surface area contributed by atoms with Crippen molar-refractivity contribution in [3.8, 4) is 5.75 Å². The summed E-state index contributed by atoms with van der Waals surface area (Å²) in [6, 6.07) is 15.0. The average Bonchev–Trinajstić information content (AvgIpc) is 2.92. The van der Waals surface area contributed by atoms with Gasteiger partial charge in [0.25, 0.3) is 0 Å². The second-order valence-corrected chi connectivity index (χ2v) is 6.12. The number of nitrogens with one attached hydrogen (secondary N) is 2. The van der Waals surface area contributed by atoms with Gasteiger partial charge < -0.3 is 10.1 Å². The molecular formula is C19H18N2O2. The molecule has 116 valence electrons. The fourth-order valence-corrected chi connectivity index (χ4v) is 3.46. The summed E-state index contributed by atoms with van der Waals surface area (Å²) in [5.74, 6) is 0.359. The van der Waals surface area contributed by atoms with Crippen LogP contribution in [0.25, 0.3) is 10.9 Å². The number of rotatable bonds is 2. The quantitative estimate of drug-likeness (QED) is 0.682. The number of Topliss-reactive ketones (excluding diaryl/α,β-unsaturated/α-hetero) is 1. The Labute approximate surface area is 134 Å². The molecule has 2 aromatic carbocycles. The molecule has 1 aliphatic rings. The lowest BCUT2D eigenvalue weighted by molar-refractivity contribution is -0.119. The third-order valence-electron chi connectivity index (χ3n) is 4.61. The normalized spacial score (nSPS) is 20.4. The number of carbonyl (C=O) groups excluding carboxylic acids is 1. The zero-order valence-corrected chi connectivity index (χ0v) is 12.8. The topological polar surface area (TPSA) is 65.1 Å². The Hall–Kier alpha value is -2.59. The molecule has 0 saturated carbocycles. The predicted octanol–water partition coefficient (Wildman–Crippen LogP) is 3.07. The Morgan fingerprint density at radius 2 is 2.00 bits per heavy atom. The highest BCUT2D eigenvalue weighted by Gasteiger charge is 2.32. The van der Waals surface area contributed by atoms with Crippen molar-refractivity contribution in [1.29, 1.82) is 0 Å². The Kier molecular flexibility index (Phi) is 3.20. The maximum atomic E-state index is 12.0. The fourth-order valence-electron chi connectivity index (χ4n) is 3.46. The molecule has 2 atom stereocenters. The van der Waals surface area contributed by atoms with Gasteiger partial charge in [0.15, 0.2) is 0 Å². The number of phenols is 1. The van der Waals surface area contributed by atoms with E-state index in [-0.39, 0.29) is 23.6 Å². The predicted molar refractivity (Wildman–Crippen MR) is 89.6 cm³/mol. The molecule has 0 amide bonds. The summed E-state index contributed by atoms with van der Waals surface area (Å²) in [5, 5.41) is 14.4. The highest BCUT2D eigenvalue weighted by Crippen LogP contribution is 2.35. The second-order valence-electron chi connectivity index (χ2n) is 6.12. The van der Waals surface area contributed by atoms with Crippen LogP contribution in [0.15, 0.2) is 48.5 Å². The SMILES string of the molecule is CC(=O)C1Cc2c([nH]c3ccccc23)C(c2cccc(O)c2)N1. The molecule has 0 bridgehead atoms. The monoisotopic (exact) mass is 306 g/mol. The van der Waals surface area contributed by atoms with E-state index in [2.05, 4.69) is 22.4 Å². The third kappa shape index (κ3) is 2.32. The van der Waals surface area contributed by atoms with Crippen LogP contribution in [0.5, 0.6) is 5.75 Å². The molecule has 4 heteroatoms. The van der Waals surface area contributed by atoms with Crippen LogP contribution >= 0.6 is 0 Å². The number of hydrogen-bond donors (Lipinski definition) is 3. The van der Waals surface area contributed by atoms with E-state index in [0.717, 1.165) is 16.8 Å². The first-order valence-corrected chi connectivity index (χ1v) is 7.78. The van der Waals surface area contributed by atoms with Gasteiger partial charge in [-0.1, -0.05) is 30.3 Å². The zero-order valence-electron chi connectivity index (χ0n) is 12.8. The van der Waals surface area contributed by atoms with Gasteiger partial charge >= 0.3 is 0 Å². The van der Waals surface area contributed by atoms with E-state index >= 15 is 0 Å². The average molecular weight is 306 g/mol. The molecule has 3 aromatic rings. The van der Waals surface area contributed by atoms with Crippen molar-refractivity contribution in [2.24, 2.45) is 0 Å². The molecule has 3 N–H and O–H groups in total. The summed E-state index contributed by atoms with van der Waals surface area (Å²) in [4.78, 5) is 15.5. The number of aromatic hydroxyl groups is 1. The number of phenolic OH excluding ortho intramolecular Hbond substituents is 1. The maximum Gasteiger partial charge on any atom is 0.147 e. The van der Waals surface area contributed by atoms with Crippen LogP contribution in [0.3, 0.4) is 0 Å². The summed E-state index contributed by atoms with van der Waals surface area (Å²) in [5.41, 5.74) is 4.29. The molecule has 0 fully saturated rings. The lowest BCUT2D eigenvalue weighted by Gasteiger charge is -2.30.